The first kappa shape index (κ1) is 13.0. The van der Waals surface area contributed by atoms with Crippen LogP contribution in [0.4, 0.5) is 5.69 Å². The molecule has 0 aromatic heterocycles. The first-order chi connectivity index (χ1) is 9.70. The van der Waals surface area contributed by atoms with E-state index in [4.69, 9.17) is 10.5 Å². The lowest BCUT2D eigenvalue weighted by molar-refractivity contribution is 0.407. The molecule has 0 unspecified atom stereocenters. The molecule has 0 aliphatic carbocycles. The molecule has 0 radical (unpaired) electrons. The molecule has 2 aromatic rings. The number of nitrogens with zero attached hydrogens (tertiary/aromatic N) is 1. The van der Waals surface area contributed by atoms with Crippen LogP contribution in [0, 0.1) is 0 Å². The van der Waals surface area contributed by atoms with E-state index in [1.165, 1.54) is 16.8 Å². The van der Waals surface area contributed by atoms with Gasteiger partial charge in [-0.2, -0.15) is 0 Å². The van der Waals surface area contributed by atoms with Crippen LogP contribution in [0.5, 0.6) is 5.75 Å². The van der Waals surface area contributed by atoms with Crippen LogP contribution < -0.4 is 15.4 Å². The number of rotatable bonds is 3. The lowest BCUT2D eigenvalue weighted by Crippen LogP contribution is -2.19. The Kier molecular flexibility index (Phi) is 3.36. The van der Waals surface area contributed by atoms with Crippen LogP contribution in [0.3, 0.4) is 0 Å². The summed E-state index contributed by atoms with van der Waals surface area (Å²) in [5.41, 5.74) is 11.2. The van der Waals surface area contributed by atoms with Crippen LogP contribution >= 0.6 is 0 Å². The van der Waals surface area contributed by atoms with Crippen LogP contribution in [0.25, 0.3) is 0 Å². The summed E-state index contributed by atoms with van der Waals surface area (Å²) in [5.74, 6) is 0.869. The first-order valence-electron chi connectivity index (χ1n) is 6.95. The molecule has 2 N–H and O–H groups in total. The van der Waals surface area contributed by atoms with Crippen molar-refractivity contribution in [3.05, 3.63) is 59.2 Å². The summed E-state index contributed by atoms with van der Waals surface area (Å²) in [4.78, 5) is 2.37. The van der Waals surface area contributed by atoms with Crippen molar-refractivity contribution in [2.75, 3.05) is 12.0 Å². The fourth-order valence-corrected chi connectivity index (χ4v) is 2.95. The Hall–Kier alpha value is -2.00. The van der Waals surface area contributed by atoms with Gasteiger partial charge in [0.05, 0.1) is 7.11 Å². The monoisotopic (exact) mass is 268 g/mol. The lowest BCUT2D eigenvalue weighted by atomic mass is 10.0. The molecule has 3 nitrogen and oxygen atoms in total. The quantitative estimate of drug-likeness (QED) is 0.928. The number of anilines is 1. The molecule has 20 heavy (non-hydrogen) atoms. The molecular formula is C17H20N2O. The third kappa shape index (κ3) is 2.14. The van der Waals surface area contributed by atoms with E-state index in [-0.39, 0.29) is 6.04 Å². The molecular weight excluding hydrogens is 248 g/mol. The van der Waals surface area contributed by atoms with Gasteiger partial charge in [0.1, 0.15) is 5.75 Å². The molecule has 1 aliphatic heterocycles. The van der Waals surface area contributed by atoms with Crippen molar-refractivity contribution in [1.82, 2.24) is 0 Å². The van der Waals surface area contributed by atoms with Crippen LogP contribution in [-0.2, 0) is 13.1 Å². The van der Waals surface area contributed by atoms with E-state index in [9.17, 15) is 0 Å². The van der Waals surface area contributed by atoms with E-state index in [0.29, 0.717) is 0 Å². The van der Waals surface area contributed by atoms with E-state index in [1.54, 1.807) is 7.11 Å². The zero-order valence-electron chi connectivity index (χ0n) is 12.0. The van der Waals surface area contributed by atoms with E-state index in [2.05, 4.69) is 35.2 Å². The van der Waals surface area contributed by atoms with Gasteiger partial charge < -0.3 is 15.4 Å². The van der Waals surface area contributed by atoms with Crippen molar-refractivity contribution in [1.29, 1.82) is 0 Å². The van der Waals surface area contributed by atoms with Crippen molar-refractivity contribution in [2.45, 2.75) is 26.1 Å². The fraction of sp³-hybridized carbons (Fsp3) is 0.294. The standard InChI is InChI=1S/C17H20N2O/c1-12(18)17-15(8-5-9-16(17)20-2)19-10-13-6-3-4-7-14(13)11-19/h3-9,12H,10-11,18H2,1-2H3/t12-/m0/s1. The van der Waals surface area contributed by atoms with E-state index in [1.807, 2.05) is 19.1 Å². The van der Waals surface area contributed by atoms with Crippen molar-refractivity contribution in [3.8, 4) is 5.75 Å². The van der Waals surface area contributed by atoms with Crippen molar-refractivity contribution in [3.63, 3.8) is 0 Å². The molecule has 3 rings (SSSR count). The summed E-state index contributed by atoms with van der Waals surface area (Å²) < 4.78 is 5.48. The first-order valence-corrected chi connectivity index (χ1v) is 6.95. The van der Waals surface area contributed by atoms with Gasteiger partial charge in [0.15, 0.2) is 0 Å². The number of ether oxygens (including phenoxy) is 1. The number of hydrogen-bond acceptors (Lipinski definition) is 3. The van der Waals surface area contributed by atoms with Gasteiger partial charge in [-0.15, -0.1) is 0 Å². The van der Waals surface area contributed by atoms with Crippen molar-refractivity contribution in [2.24, 2.45) is 5.73 Å². The highest BCUT2D eigenvalue weighted by Gasteiger charge is 2.23. The molecule has 0 saturated heterocycles. The summed E-state index contributed by atoms with van der Waals surface area (Å²) in [5, 5.41) is 0. The third-order valence-electron chi connectivity index (χ3n) is 3.90. The van der Waals surface area contributed by atoms with Crippen LogP contribution in [0.1, 0.15) is 29.7 Å². The molecule has 0 spiro atoms. The van der Waals surface area contributed by atoms with Crippen molar-refractivity contribution >= 4 is 5.69 Å². The minimum atomic E-state index is -0.0511. The van der Waals surface area contributed by atoms with Crippen molar-refractivity contribution < 1.29 is 4.74 Å². The highest BCUT2D eigenvalue weighted by atomic mass is 16.5. The Morgan fingerprint density at radius 2 is 1.70 bits per heavy atom. The fourth-order valence-electron chi connectivity index (χ4n) is 2.95. The van der Waals surface area contributed by atoms with E-state index in [0.717, 1.165) is 24.4 Å². The largest absolute Gasteiger partial charge is 0.496 e. The van der Waals surface area contributed by atoms with Gasteiger partial charge >= 0.3 is 0 Å². The number of benzene rings is 2. The summed E-state index contributed by atoms with van der Waals surface area (Å²) in [7, 11) is 1.70. The van der Waals surface area contributed by atoms with Gasteiger partial charge in [-0.25, -0.2) is 0 Å². The van der Waals surface area contributed by atoms with Crippen LogP contribution in [-0.4, -0.2) is 7.11 Å². The second-order valence-corrected chi connectivity index (χ2v) is 5.31. The summed E-state index contributed by atoms with van der Waals surface area (Å²) >= 11 is 0. The van der Waals surface area contributed by atoms with E-state index < -0.39 is 0 Å². The zero-order chi connectivity index (χ0) is 14.1. The van der Waals surface area contributed by atoms with E-state index >= 15 is 0 Å². The number of methoxy groups -OCH3 is 1. The Morgan fingerprint density at radius 1 is 1.05 bits per heavy atom. The molecule has 0 amide bonds. The number of hydrogen-bond donors (Lipinski definition) is 1. The average molecular weight is 268 g/mol. The number of nitrogens with two attached hydrogens (primary N) is 1. The Balaban J connectivity index is 2.00. The maximum absolute atomic E-state index is 6.16. The molecule has 2 aromatic carbocycles. The highest BCUT2D eigenvalue weighted by molar-refractivity contribution is 5.62. The number of fused-ring (bicyclic) bond motifs is 1. The van der Waals surface area contributed by atoms with Gasteiger partial charge in [0, 0.05) is 30.4 Å². The zero-order valence-corrected chi connectivity index (χ0v) is 12.0. The van der Waals surface area contributed by atoms with Gasteiger partial charge in [-0.3, -0.25) is 0 Å². The second-order valence-electron chi connectivity index (χ2n) is 5.31. The summed E-state index contributed by atoms with van der Waals surface area (Å²) in [6, 6.07) is 14.7. The predicted octanol–water partition coefficient (Wildman–Crippen LogP) is 3.24. The minimum Gasteiger partial charge on any atom is -0.496 e. The van der Waals surface area contributed by atoms with Gasteiger partial charge in [0.2, 0.25) is 0 Å². The SMILES string of the molecule is COc1cccc(N2Cc3ccccc3C2)c1[C@H](C)N. The predicted molar refractivity (Wildman–Crippen MR) is 81.9 cm³/mol. The Bertz CT molecular complexity index is 597. The maximum atomic E-state index is 6.16. The van der Waals surface area contributed by atoms with Crippen LogP contribution in [0.2, 0.25) is 0 Å². The maximum Gasteiger partial charge on any atom is 0.125 e. The average Bonchev–Trinajstić information content (AvgIpc) is 2.90. The molecule has 104 valence electrons. The van der Waals surface area contributed by atoms with Gasteiger partial charge in [0.25, 0.3) is 0 Å². The molecule has 1 atom stereocenters. The summed E-state index contributed by atoms with van der Waals surface area (Å²) in [6.45, 7) is 3.87. The minimum absolute atomic E-state index is 0.0511. The molecule has 3 heteroatoms. The normalized spacial score (nSPS) is 15.1. The summed E-state index contributed by atoms with van der Waals surface area (Å²) in [6.07, 6.45) is 0. The molecule has 0 fully saturated rings. The lowest BCUT2D eigenvalue weighted by Gasteiger charge is -2.24. The molecule has 1 heterocycles. The smallest absolute Gasteiger partial charge is 0.125 e. The topological polar surface area (TPSA) is 38.5 Å². The molecule has 1 aliphatic rings. The highest BCUT2D eigenvalue weighted by Crippen LogP contribution is 2.37. The van der Waals surface area contributed by atoms with Gasteiger partial charge in [-0.1, -0.05) is 30.3 Å². The molecule has 0 saturated carbocycles. The van der Waals surface area contributed by atoms with Gasteiger partial charge in [-0.05, 0) is 30.2 Å². The second kappa shape index (κ2) is 5.17. The Labute approximate surface area is 120 Å². The van der Waals surface area contributed by atoms with Crippen LogP contribution in [0.15, 0.2) is 42.5 Å². The Morgan fingerprint density at radius 3 is 2.25 bits per heavy atom. The third-order valence-corrected chi connectivity index (χ3v) is 3.90. The molecule has 0 bridgehead atoms.